The van der Waals surface area contributed by atoms with Gasteiger partial charge in [0.2, 0.25) is 17.1 Å². The van der Waals surface area contributed by atoms with Crippen LogP contribution >= 0.6 is 0 Å². The van der Waals surface area contributed by atoms with Crippen molar-refractivity contribution in [2.24, 2.45) is 0 Å². The molecular formula is C21H21F2N3O5S. The summed E-state index contributed by atoms with van der Waals surface area (Å²) in [6, 6.07) is 6.66. The first-order chi connectivity index (χ1) is 15.4. The van der Waals surface area contributed by atoms with Crippen molar-refractivity contribution in [3.8, 4) is 5.88 Å². The van der Waals surface area contributed by atoms with E-state index in [4.69, 9.17) is 14.0 Å². The van der Waals surface area contributed by atoms with Gasteiger partial charge in [-0.2, -0.15) is 0 Å². The smallest absolute Gasteiger partial charge is 0.232 e. The monoisotopic (exact) mass is 465 g/mol. The summed E-state index contributed by atoms with van der Waals surface area (Å²) < 4.78 is 61.3. The number of benzene rings is 2. The summed E-state index contributed by atoms with van der Waals surface area (Å²) in [5.74, 6) is -2.53. The number of carbonyl (C=O) groups excluding carboxylic acids is 1. The molecule has 11 heteroatoms. The highest BCUT2D eigenvalue weighted by atomic mass is 32.2. The number of ether oxygens (including phenoxy) is 2. The first kappa shape index (κ1) is 23.8. The summed E-state index contributed by atoms with van der Waals surface area (Å²) in [6.07, 6.45) is 1.91. The Labute approximate surface area is 185 Å². The Kier molecular flexibility index (Phi) is 8.28. The molecule has 0 saturated carbocycles. The number of ketones is 1. The van der Waals surface area contributed by atoms with Crippen molar-refractivity contribution in [2.75, 3.05) is 26.9 Å². The summed E-state index contributed by atoms with van der Waals surface area (Å²) >= 11 is -2.17. The molecule has 1 atom stereocenters. The van der Waals surface area contributed by atoms with Gasteiger partial charge >= 0.3 is 0 Å². The zero-order valence-corrected chi connectivity index (χ0v) is 18.0. The van der Waals surface area contributed by atoms with Crippen LogP contribution < -0.4 is 9.46 Å². The third-order valence-corrected chi connectivity index (χ3v) is 5.02. The molecular weight excluding hydrogens is 444 g/mol. The van der Waals surface area contributed by atoms with Gasteiger partial charge in [-0.3, -0.25) is 9.35 Å². The van der Waals surface area contributed by atoms with Crippen molar-refractivity contribution >= 4 is 28.1 Å². The third kappa shape index (κ3) is 5.88. The first-order valence-corrected chi connectivity index (χ1v) is 10.8. The van der Waals surface area contributed by atoms with Crippen LogP contribution in [0.25, 0.3) is 11.0 Å². The predicted octanol–water partition coefficient (Wildman–Crippen LogP) is 2.82. The topological polar surface area (TPSA) is 111 Å². The van der Waals surface area contributed by atoms with E-state index >= 15 is 0 Å². The summed E-state index contributed by atoms with van der Waals surface area (Å²) in [4.78, 5) is 21.4. The molecule has 0 spiro atoms. The maximum absolute atomic E-state index is 15.0. The van der Waals surface area contributed by atoms with E-state index in [0.717, 1.165) is 6.07 Å². The van der Waals surface area contributed by atoms with Crippen molar-refractivity contribution in [1.29, 1.82) is 0 Å². The van der Waals surface area contributed by atoms with Gasteiger partial charge in [0.1, 0.15) is 18.2 Å². The van der Waals surface area contributed by atoms with Crippen molar-refractivity contribution in [2.45, 2.75) is 12.8 Å². The largest absolute Gasteiger partial charge is 0.474 e. The molecule has 0 saturated heterocycles. The molecule has 3 aromatic rings. The molecule has 1 heterocycles. The van der Waals surface area contributed by atoms with Crippen LogP contribution in [0, 0.1) is 11.6 Å². The van der Waals surface area contributed by atoms with Crippen molar-refractivity contribution in [3.05, 3.63) is 64.9 Å². The quantitative estimate of drug-likeness (QED) is 0.255. The Morgan fingerprint density at radius 2 is 2.00 bits per heavy atom. The minimum atomic E-state index is -2.17. The minimum absolute atomic E-state index is 0.0492. The van der Waals surface area contributed by atoms with Gasteiger partial charge in [-0.1, -0.05) is 6.07 Å². The molecule has 0 amide bonds. The highest BCUT2D eigenvalue weighted by molar-refractivity contribution is 7.77. The van der Waals surface area contributed by atoms with Gasteiger partial charge in [0.05, 0.1) is 29.4 Å². The SMILES string of the molecule is COCCOc1cnc2ccc(C(=O)c3c(F)ccc(CCCNS(=O)O)c3F)cc2n1. The van der Waals surface area contributed by atoms with Gasteiger partial charge in [0.25, 0.3) is 0 Å². The Bertz CT molecular complexity index is 1150. The summed E-state index contributed by atoms with van der Waals surface area (Å²) in [6.45, 7) is 0.782. The van der Waals surface area contributed by atoms with E-state index in [-0.39, 0.29) is 36.6 Å². The van der Waals surface area contributed by atoms with E-state index in [1.165, 1.54) is 37.6 Å². The summed E-state index contributed by atoms with van der Waals surface area (Å²) in [7, 11) is 1.54. The van der Waals surface area contributed by atoms with E-state index < -0.39 is 34.2 Å². The fraction of sp³-hybridized carbons (Fsp3) is 0.286. The van der Waals surface area contributed by atoms with Crippen molar-refractivity contribution in [1.82, 2.24) is 14.7 Å². The average Bonchev–Trinajstić information content (AvgIpc) is 2.77. The van der Waals surface area contributed by atoms with E-state index in [1.807, 2.05) is 0 Å². The number of nitrogens with zero attached hydrogens (tertiary/aromatic N) is 2. The van der Waals surface area contributed by atoms with Crippen LogP contribution in [0.15, 0.2) is 36.5 Å². The molecule has 0 fully saturated rings. The molecule has 3 rings (SSSR count). The lowest BCUT2D eigenvalue weighted by Gasteiger charge is -2.10. The number of aromatic nitrogens is 2. The number of rotatable bonds is 11. The van der Waals surface area contributed by atoms with Gasteiger partial charge in [-0.15, -0.1) is 0 Å². The molecule has 0 aliphatic heterocycles. The summed E-state index contributed by atoms with van der Waals surface area (Å²) in [5.41, 5.74) is 0.346. The molecule has 0 bridgehead atoms. The van der Waals surface area contributed by atoms with Crippen LogP contribution in [-0.2, 0) is 22.4 Å². The molecule has 170 valence electrons. The molecule has 1 unspecified atom stereocenters. The fourth-order valence-corrected chi connectivity index (χ4v) is 3.33. The lowest BCUT2D eigenvalue weighted by molar-refractivity contribution is 0.103. The lowest BCUT2D eigenvalue weighted by atomic mass is 9.97. The second kappa shape index (κ2) is 11.1. The Hall–Kier alpha value is -2.86. The van der Waals surface area contributed by atoms with Crippen LogP contribution in [0.5, 0.6) is 5.88 Å². The molecule has 0 aliphatic carbocycles. The predicted molar refractivity (Wildman–Crippen MR) is 114 cm³/mol. The van der Waals surface area contributed by atoms with Gasteiger partial charge < -0.3 is 9.47 Å². The Morgan fingerprint density at radius 3 is 2.75 bits per heavy atom. The number of hydrogen-bond donors (Lipinski definition) is 2. The van der Waals surface area contributed by atoms with Crippen LogP contribution in [-0.4, -0.2) is 51.4 Å². The van der Waals surface area contributed by atoms with Crippen molar-refractivity contribution < 1.29 is 31.8 Å². The van der Waals surface area contributed by atoms with Crippen LogP contribution in [0.3, 0.4) is 0 Å². The first-order valence-electron chi connectivity index (χ1n) is 9.65. The van der Waals surface area contributed by atoms with Crippen LogP contribution in [0.4, 0.5) is 8.78 Å². The van der Waals surface area contributed by atoms with E-state index in [9.17, 15) is 17.8 Å². The minimum Gasteiger partial charge on any atom is -0.474 e. The average molecular weight is 465 g/mol. The standard InChI is InChI=1S/C21H21F2N3O5S/c1-30-9-10-31-18-12-24-16-7-5-14(11-17(16)26-18)21(27)19-15(22)6-4-13(20(19)23)3-2-8-25-32(28)29/h4-7,11-12,25H,2-3,8-10H2,1H3,(H,28,29). The van der Waals surface area contributed by atoms with Gasteiger partial charge in [0.15, 0.2) is 5.78 Å². The third-order valence-electron chi connectivity index (χ3n) is 4.57. The Balaban J connectivity index is 1.85. The van der Waals surface area contributed by atoms with E-state index in [1.54, 1.807) is 0 Å². The van der Waals surface area contributed by atoms with Crippen LogP contribution in [0.2, 0.25) is 0 Å². The number of halogens is 2. The van der Waals surface area contributed by atoms with Gasteiger partial charge in [0, 0.05) is 19.2 Å². The number of hydrogen-bond acceptors (Lipinski definition) is 6. The number of carbonyl (C=O) groups is 1. The zero-order chi connectivity index (χ0) is 23.1. The maximum atomic E-state index is 15.0. The molecule has 2 N–H and O–H groups in total. The van der Waals surface area contributed by atoms with Crippen LogP contribution in [0.1, 0.15) is 27.9 Å². The molecule has 32 heavy (non-hydrogen) atoms. The van der Waals surface area contributed by atoms with Gasteiger partial charge in [-0.25, -0.2) is 27.7 Å². The molecule has 0 aliphatic rings. The summed E-state index contributed by atoms with van der Waals surface area (Å²) in [5, 5.41) is 0. The molecule has 1 aromatic heterocycles. The fourth-order valence-electron chi connectivity index (χ4n) is 3.01. The second-order valence-electron chi connectivity index (χ2n) is 6.72. The Morgan fingerprint density at radius 1 is 1.19 bits per heavy atom. The van der Waals surface area contributed by atoms with E-state index in [2.05, 4.69) is 14.7 Å². The highest BCUT2D eigenvalue weighted by Crippen LogP contribution is 2.23. The highest BCUT2D eigenvalue weighted by Gasteiger charge is 2.22. The number of aryl methyl sites for hydroxylation is 1. The lowest BCUT2D eigenvalue weighted by Crippen LogP contribution is -2.18. The second-order valence-corrected chi connectivity index (χ2v) is 7.51. The number of fused-ring (bicyclic) bond motifs is 1. The number of methoxy groups -OCH3 is 1. The molecule has 2 aromatic carbocycles. The number of nitrogens with one attached hydrogen (secondary N) is 1. The normalized spacial score (nSPS) is 12.1. The molecule has 0 radical (unpaired) electrons. The molecule has 8 nitrogen and oxygen atoms in total. The van der Waals surface area contributed by atoms with Gasteiger partial charge in [-0.05, 0) is 42.7 Å². The van der Waals surface area contributed by atoms with E-state index in [0.29, 0.717) is 24.1 Å². The maximum Gasteiger partial charge on any atom is 0.232 e. The zero-order valence-electron chi connectivity index (χ0n) is 17.1. The van der Waals surface area contributed by atoms with Crippen molar-refractivity contribution in [3.63, 3.8) is 0 Å².